The monoisotopic (exact) mass is 400 g/mol. The average molecular weight is 401 g/mol. The van der Waals surface area contributed by atoms with Crippen LogP contribution in [0.2, 0.25) is 0 Å². The van der Waals surface area contributed by atoms with Gasteiger partial charge in [-0.15, -0.1) is 0 Å². The van der Waals surface area contributed by atoms with E-state index < -0.39 is 28.2 Å². The summed E-state index contributed by atoms with van der Waals surface area (Å²) in [6.45, 7) is -0.908. The van der Waals surface area contributed by atoms with Crippen LogP contribution in [0.4, 0.5) is 0 Å². The van der Waals surface area contributed by atoms with Crippen molar-refractivity contribution >= 4 is 15.4 Å². The Morgan fingerprint density at radius 2 is 1.12 bits per heavy atom. The number of hydrogen-bond acceptors (Lipinski definition) is 7. The van der Waals surface area contributed by atoms with Crippen LogP contribution < -0.4 is 19.6 Å². The normalized spacial score (nSPS) is 8.71. The van der Waals surface area contributed by atoms with Gasteiger partial charge in [-0.1, -0.05) is 7.60 Å². The second-order valence-electron chi connectivity index (χ2n) is 1.61. The van der Waals surface area contributed by atoms with E-state index in [0.29, 0.717) is 0 Å². The summed E-state index contributed by atoms with van der Waals surface area (Å²) in [6.07, 6.45) is -0.999. The molecular formula is C2H12Cu2O11P2. The first-order valence-electron chi connectivity index (χ1n) is 2.38. The predicted molar refractivity (Wildman–Crippen MR) is 40.5 cm³/mol. The summed E-state index contributed by atoms with van der Waals surface area (Å²) in [5, 5.41) is 0. The van der Waals surface area contributed by atoms with Gasteiger partial charge in [0, 0.05) is 0 Å². The van der Waals surface area contributed by atoms with Crippen molar-refractivity contribution in [3.63, 3.8) is 0 Å². The van der Waals surface area contributed by atoms with Crippen LogP contribution >= 0.6 is 15.4 Å². The first-order valence-corrected chi connectivity index (χ1v) is 5.57. The molecule has 15 heteroatoms. The summed E-state index contributed by atoms with van der Waals surface area (Å²) in [5.41, 5.74) is 0. The Labute approximate surface area is 118 Å². The molecule has 0 aromatic heterocycles. The van der Waals surface area contributed by atoms with Crippen molar-refractivity contribution in [3.8, 4) is 0 Å². The fraction of sp³-hybridized carbons (Fsp3) is 1.00. The third-order valence-electron chi connectivity index (χ3n) is 0.615. The van der Waals surface area contributed by atoms with Gasteiger partial charge in [-0.2, -0.15) is 0 Å². The van der Waals surface area contributed by atoms with Crippen LogP contribution in [0.15, 0.2) is 0 Å². The maximum atomic E-state index is 9.82. The Hall–Kier alpha value is 1.14. The van der Waals surface area contributed by atoms with E-state index in [9.17, 15) is 28.7 Å². The van der Waals surface area contributed by atoms with Gasteiger partial charge in [0.15, 0.2) is 0 Å². The fourth-order valence-electron chi connectivity index (χ4n) is 0.264. The van der Waals surface area contributed by atoms with E-state index in [1.165, 1.54) is 0 Å². The standard InChI is InChI=1S/C2H8O7P2.2Cu.4H2O/c3-10(4,5)2-1-9-11(6,7)8;;;;;;/h1-2H2,(H2,3,4,5)(H2,6,7,8);;;4*1H2/q;2*+2;;;;/p-4. The molecule has 0 bridgehead atoms. The van der Waals surface area contributed by atoms with Gasteiger partial charge in [-0.05, 0) is 6.16 Å². The van der Waals surface area contributed by atoms with Crippen molar-refractivity contribution in [2.24, 2.45) is 0 Å². The minimum Gasteiger partial charge on any atom is -0.811 e. The summed E-state index contributed by atoms with van der Waals surface area (Å²) < 4.78 is 23.0. The van der Waals surface area contributed by atoms with Crippen molar-refractivity contribution in [1.29, 1.82) is 0 Å². The smallest absolute Gasteiger partial charge is 0.811 e. The van der Waals surface area contributed by atoms with Crippen LogP contribution in [0.1, 0.15) is 0 Å². The zero-order chi connectivity index (χ0) is 9.12. The first-order chi connectivity index (χ1) is 4.71. The zero-order valence-corrected chi connectivity index (χ0v) is 11.4. The Balaban J connectivity index is -0.0000000333. The quantitative estimate of drug-likeness (QED) is 0.324. The van der Waals surface area contributed by atoms with Crippen molar-refractivity contribution in [1.82, 2.24) is 0 Å². The summed E-state index contributed by atoms with van der Waals surface area (Å²) in [6, 6.07) is 0. The minimum absolute atomic E-state index is 0. The van der Waals surface area contributed by atoms with E-state index in [0.717, 1.165) is 0 Å². The predicted octanol–water partition coefficient (Wildman–Crippen LogP) is -6.56. The Morgan fingerprint density at radius 1 is 0.824 bits per heavy atom. The van der Waals surface area contributed by atoms with E-state index in [2.05, 4.69) is 4.52 Å². The molecule has 0 rings (SSSR count). The molecule has 0 heterocycles. The second kappa shape index (κ2) is 17.1. The van der Waals surface area contributed by atoms with Gasteiger partial charge in [-0.3, -0.25) is 0 Å². The Bertz CT molecular complexity index is 188. The molecule has 0 atom stereocenters. The molecule has 2 radical (unpaired) electrons. The summed E-state index contributed by atoms with van der Waals surface area (Å²) in [7, 11) is -9.93. The summed E-state index contributed by atoms with van der Waals surface area (Å²) in [4.78, 5) is 39.0. The molecule has 0 aromatic rings. The molecule has 0 amide bonds. The van der Waals surface area contributed by atoms with Crippen LogP contribution in [0.3, 0.4) is 0 Å². The third kappa shape index (κ3) is 47.0. The van der Waals surface area contributed by atoms with Crippen molar-refractivity contribution < 1.29 is 89.3 Å². The van der Waals surface area contributed by atoms with E-state index in [-0.39, 0.29) is 56.0 Å². The van der Waals surface area contributed by atoms with Crippen molar-refractivity contribution in [2.75, 3.05) is 12.8 Å². The van der Waals surface area contributed by atoms with E-state index in [4.69, 9.17) is 0 Å². The van der Waals surface area contributed by atoms with Crippen LogP contribution in [0.5, 0.6) is 0 Å². The van der Waals surface area contributed by atoms with E-state index in [1.54, 1.807) is 0 Å². The molecule has 0 aliphatic heterocycles. The van der Waals surface area contributed by atoms with Gasteiger partial charge in [0.25, 0.3) is 0 Å². The molecule has 0 saturated heterocycles. The van der Waals surface area contributed by atoms with Gasteiger partial charge < -0.3 is 55.1 Å². The Kier molecular flexibility index (Phi) is 43.3. The average Bonchev–Trinajstić information content (AvgIpc) is 1.55. The molecule has 11 nitrogen and oxygen atoms in total. The molecule has 0 aliphatic rings. The summed E-state index contributed by atoms with van der Waals surface area (Å²) >= 11 is 0. The van der Waals surface area contributed by atoms with Gasteiger partial charge in [0.05, 0.1) is 14.4 Å². The van der Waals surface area contributed by atoms with Crippen LogP contribution in [0.25, 0.3) is 0 Å². The first kappa shape index (κ1) is 42.9. The molecule has 0 saturated carbocycles. The van der Waals surface area contributed by atoms with Gasteiger partial charge in [0.1, 0.15) is 0 Å². The minimum atomic E-state index is -5.15. The van der Waals surface area contributed by atoms with Crippen LogP contribution in [0, 0.1) is 0 Å². The van der Waals surface area contributed by atoms with Crippen molar-refractivity contribution in [2.45, 2.75) is 0 Å². The maximum absolute atomic E-state index is 9.82. The summed E-state index contributed by atoms with van der Waals surface area (Å²) in [5.74, 6) is 0. The number of phosphoric acid groups is 1. The maximum Gasteiger partial charge on any atom is 2.00 e. The van der Waals surface area contributed by atoms with Gasteiger partial charge in [-0.25, -0.2) is 0 Å². The topological polar surface area (TPSA) is 262 Å². The van der Waals surface area contributed by atoms with Gasteiger partial charge in [0.2, 0.25) is 0 Å². The third-order valence-corrected chi connectivity index (χ3v) is 1.84. The van der Waals surface area contributed by atoms with E-state index in [1.807, 2.05) is 0 Å². The van der Waals surface area contributed by atoms with Crippen LogP contribution in [-0.2, 0) is 47.8 Å². The van der Waals surface area contributed by atoms with E-state index >= 15 is 0 Å². The number of rotatable bonds is 4. The fourth-order valence-corrected chi connectivity index (χ4v) is 1.04. The molecule has 17 heavy (non-hydrogen) atoms. The largest absolute Gasteiger partial charge is 2.00 e. The number of hydrogen-bond donors (Lipinski definition) is 0. The molecule has 0 unspecified atom stereocenters. The van der Waals surface area contributed by atoms with Gasteiger partial charge >= 0.3 is 34.1 Å². The molecule has 8 N–H and O–H groups in total. The second-order valence-corrected chi connectivity index (χ2v) is 4.44. The molecule has 118 valence electrons. The Morgan fingerprint density at radius 3 is 1.29 bits per heavy atom. The van der Waals surface area contributed by atoms with Crippen molar-refractivity contribution in [3.05, 3.63) is 0 Å². The zero-order valence-electron chi connectivity index (χ0n) is 7.77. The molecule has 0 fully saturated rings. The van der Waals surface area contributed by atoms with Crippen LogP contribution in [-0.4, -0.2) is 34.7 Å². The molecule has 0 spiro atoms. The number of phosphoric ester groups is 1. The SMILES string of the molecule is O.O.O.O.O=P([O-])([O-])CCOP(=O)([O-])[O-].[Cu+2].[Cu+2]. The molecular weight excluding hydrogens is 389 g/mol. The molecule has 0 aromatic carbocycles. The molecule has 0 aliphatic carbocycles.